The summed E-state index contributed by atoms with van der Waals surface area (Å²) in [6.07, 6.45) is 1.63. The largest absolute Gasteiger partial charge is 0.355 e. The van der Waals surface area contributed by atoms with Gasteiger partial charge in [-0.1, -0.05) is 0 Å². The Morgan fingerprint density at radius 3 is 2.76 bits per heavy atom. The van der Waals surface area contributed by atoms with E-state index in [1.54, 1.807) is 17.7 Å². The Bertz CT molecular complexity index is 535. The van der Waals surface area contributed by atoms with E-state index in [4.69, 9.17) is 5.73 Å². The Morgan fingerprint density at radius 2 is 2.12 bits per heavy atom. The molecule has 0 fully saturated rings. The molecule has 2 aromatic heterocycles. The average Bonchev–Trinajstić information content (AvgIpc) is 2.63. The van der Waals surface area contributed by atoms with Crippen LogP contribution in [0.4, 0.5) is 5.82 Å². The fraction of sp³-hybridized carbons (Fsp3) is 0.500. The van der Waals surface area contributed by atoms with Crippen molar-refractivity contribution in [2.45, 2.75) is 26.8 Å². The number of likely N-dealkylation sites (N-methyl/N-ethyl adjacent to an activating group) is 1. The molecule has 5 heteroatoms. The van der Waals surface area contributed by atoms with Crippen LogP contribution < -0.4 is 10.6 Å². The molecule has 4 nitrogen and oxygen atoms in total. The summed E-state index contributed by atoms with van der Waals surface area (Å²) in [6, 6.07) is 0.271. The maximum absolute atomic E-state index is 5.72. The maximum atomic E-state index is 5.72. The van der Waals surface area contributed by atoms with E-state index < -0.39 is 0 Å². The molecule has 0 bridgehead atoms. The number of fused-ring (bicyclic) bond motifs is 1. The van der Waals surface area contributed by atoms with Crippen LogP contribution in [0.5, 0.6) is 0 Å². The van der Waals surface area contributed by atoms with Gasteiger partial charge in [0.15, 0.2) is 0 Å². The Balaban J connectivity index is 2.61. The van der Waals surface area contributed by atoms with Gasteiger partial charge >= 0.3 is 0 Å². The minimum absolute atomic E-state index is 0.271. The quantitative estimate of drug-likeness (QED) is 0.906. The molecular formula is C12H18N4S. The summed E-state index contributed by atoms with van der Waals surface area (Å²) in [7, 11) is 2.03. The summed E-state index contributed by atoms with van der Waals surface area (Å²) < 4.78 is 0. The minimum Gasteiger partial charge on any atom is -0.355 e. The fourth-order valence-corrected chi connectivity index (χ4v) is 2.79. The number of hydrogen-bond donors (Lipinski definition) is 1. The molecule has 0 spiro atoms. The lowest BCUT2D eigenvalue weighted by atomic mass is 10.2. The van der Waals surface area contributed by atoms with Crippen molar-refractivity contribution in [3.05, 3.63) is 16.8 Å². The zero-order valence-electron chi connectivity index (χ0n) is 10.7. The van der Waals surface area contributed by atoms with Crippen molar-refractivity contribution in [3.63, 3.8) is 0 Å². The van der Waals surface area contributed by atoms with Gasteiger partial charge in [0.25, 0.3) is 0 Å². The molecule has 0 saturated carbocycles. The fourth-order valence-electron chi connectivity index (χ4n) is 1.80. The third-order valence-corrected chi connectivity index (χ3v) is 4.40. The van der Waals surface area contributed by atoms with E-state index in [1.165, 1.54) is 10.4 Å². The number of nitrogens with zero attached hydrogens (tertiary/aromatic N) is 3. The standard InChI is InChI=1S/C12H18N4S/c1-7(5-13)16(4)11-10-8(2)9(3)17-12(10)15-6-14-11/h6-7H,5,13H2,1-4H3. The minimum atomic E-state index is 0.271. The first kappa shape index (κ1) is 12.3. The maximum Gasteiger partial charge on any atom is 0.141 e. The molecule has 0 aliphatic heterocycles. The third kappa shape index (κ3) is 2.00. The van der Waals surface area contributed by atoms with Gasteiger partial charge in [0.2, 0.25) is 0 Å². The number of hydrogen-bond acceptors (Lipinski definition) is 5. The van der Waals surface area contributed by atoms with Gasteiger partial charge in [-0.15, -0.1) is 11.3 Å². The zero-order chi connectivity index (χ0) is 12.6. The van der Waals surface area contributed by atoms with E-state index in [0.29, 0.717) is 6.54 Å². The Hall–Kier alpha value is -1.20. The molecule has 17 heavy (non-hydrogen) atoms. The van der Waals surface area contributed by atoms with Crippen molar-refractivity contribution in [1.82, 2.24) is 9.97 Å². The van der Waals surface area contributed by atoms with Crippen molar-refractivity contribution in [3.8, 4) is 0 Å². The van der Waals surface area contributed by atoms with Crippen LogP contribution in [0.2, 0.25) is 0 Å². The number of rotatable bonds is 3. The highest BCUT2D eigenvalue weighted by Crippen LogP contribution is 2.34. The molecule has 0 aliphatic carbocycles. The number of nitrogens with two attached hydrogens (primary N) is 1. The summed E-state index contributed by atoms with van der Waals surface area (Å²) >= 11 is 1.72. The van der Waals surface area contributed by atoms with Crippen LogP contribution in [0.3, 0.4) is 0 Å². The van der Waals surface area contributed by atoms with Crippen molar-refractivity contribution >= 4 is 27.4 Å². The van der Waals surface area contributed by atoms with Crippen molar-refractivity contribution in [1.29, 1.82) is 0 Å². The molecular weight excluding hydrogens is 232 g/mol. The number of anilines is 1. The Morgan fingerprint density at radius 1 is 1.41 bits per heavy atom. The molecule has 0 saturated heterocycles. The lowest BCUT2D eigenvalue weighted by Gasteiger charge is -2.25. The van der Waals surface area contributed by atoms with E-state index in [1.807, 2.05) is 7.05 Å². The van der Waals surface area contributed by atoms with Crippen molar-refractivity contribution < 1.29 is 0 Å². The SMILES string of the molecule is Cc1sc2ncnc(N(C)C(C)CN)c2c1C. The second kappa shape index (κ2) is 4.58. The van der Waals surface area contributed by atoms with E-state index in [-0.39, 0.29) is 6.04 Å². The summed E-state index contributed by atoms with van der Waals surface area (Å²) in [5, 5.41) is 1.16. The highest BCUT2D eigenvalue weighted by atomic mass is 32.1. The second-order valence-corrected chi connectivity index (χ2v) is 5.56. The topological polar surface area (TPSA) is 55.0 Å². The van der Waals surface area contributed by atoms with Crippen molar-refractivity contribution in [2.24, 2.45) is 5.73 Å². The van der Waals surface area contributed by atoms with Crippen LogP contribution in [-0.4, -0.2) is 29.6 Å². The zero-order valence-corrected chi connectivity index (χ0v) is 11.5. The summed E-state index contributed by atoms with van der Waals surface area (Å²) in [4.78, 5) is 13.2. The number of aromatic nitrogens is 2. The smallest absolute Gasteiger partial charge is 0.141 e. The summed E-state index contributed by atoms with van der Waals surface area (Å²) in [5.41, 5.74) is 6.99. The van der Waals surface area contributed by atoms with Crippen LogP contribution in [-0.2, 0) is 0 Å². The van der Waals surface area contributed by atoms with Gasteiger partial charge in [0.05, 0.1) is 5.39 Å². The third-order valence-electron chi connectivity index (χ3n) is 3.28. The van der Waals surface area contributed by atoms with Crippen LogP contribution >= 0.6 is 11.3 Å². The number of thiophene rings is 1. The molecule has 0 radical (unpaired) electrons. The Kier molecular flexibility index (Phi) is 3.31. The Labute approximate surface area is 105 Å². The first-order valence-electron chi connectivity index (χ1n) is 5.69. The lowest BCUT2D eigenvalue weighted by molar-refractivity contribution is 0.689. The molecule has 2 rings (SSSR count). The molecule has 0 aliphatic rings. The summed E-state index contributed by atoms with van der Waals surface area (Å²) in [6.45, 7) is 6.96. The highest BCUT2D eigenvalue weighted by Gasteiger charge is 2.17. The molecule has 0 aromatic carbocycles. The molecule has 2 heterocycles. The van der Waals surface area contributed by atoms with Crippen LogP contribution in [0.1, 0.15) is 17.4 Å². The van der Waals surface area contributed by atoms with Crippen LogP contribution in [0, 0.1) is 13.8 Å². The molecule has 2 N–H and O–H groups in total. The van der Waals surface area contributed by atoms with E-state index >= 15 is 0 Å². The summed E-state index contributed by atoms with van der Waals surface area (Å²) in [5.74, 6) is 0.981. The highest BCUT2D eigenvalue weighted by molar-refractivity contribution is 7.18. The van der Waals surface area contributed by atoms with Crippen LogP contribution in [0.15, 0.2) is 6.33 Å². The molecule has 2 aromatic rings. The molecule has 0 amide bonds. The normalized spacial score (nSPS) is 13.0. The van der Waals surface area contributed by atoms with Gasteiger partial charge in [-0.25, -0.2) is 9.97 Å². The van der Waals surface area contributed by atoms with Gasteiger partial charge in [0.1, 0.15) is 17.0 Å². The van der Waals surface area contributed by atoms with Gasteiger partial charge in [0, 0.05) is 24.5 Å². The van der Waals surface area contributed by atoms with Gasteiger partial charge in [-0.3, -0.25) is 0 Å². The molecule has 1 unspecified atom stereocenters. The monoisotopic (exact) mass is 250 g/mol. The van der Waals surface area contributed by atoms with Gasteiger partial charge < -0.3 is 10.6 Å². The van der Waals surface area contributed by atoms with Gasteiger partial charge in [-0.2, -0.15) is 0 Å². The van der Waals surface area contributed by atoms with Gasteiger partial charge in [-0.05, 0) is 26.3 Å². The van der Waals surface area contributed by atoms with E-state index in [2.05, 4.69) is 35.6 Å². The second-order valence-electron chi connectivity index (χ2n) is 4.36. The van der Waals surface area contributed by atoms with Crippen molar-refractivity contribution in [2.75, 3.05) is 18.5 Å². The average molecular weight is 250 g/mol. The van der Waals surface area contributed by atoms with E-state index in [0.717, 1.165) is 16.0 Å². The first-order valence-corrected chi connectivity index (χ1v) is 6.51. The number of aryl methyl sites for hydroxylation is 2. The predicted octanol–water partition coefficient (Wildman–Crippen LogP) is 2.09. The molecule has 1 atom stereocenters. The van der Waals surface area contributed by atoms with E-state index in [9.17, 15) is 0 Å². The first-order chi connectivity index (χ1) is 8.06. The predicted molar refractivity (Wildman–Crippen MR) is 73.8 cm³/mol. The van der Waals surface area contributed by atoms with Crippen LogP contribution in [0.25, 0.3) is 10.2 Å². The lowest BCUT2D eigenvalue weighted by Crippen LogP contribution is -2.35. The molecule has 92 valence electrons.